The Kier molecular flexibility index (Phi) is 6.93. The number of halogens is 5. The highest BCUT2D eigenvalue weighted by Gasteiger charge is 2.32. The summed E-state index contributed by atoms with van der Waals surface area (Å²) in [6.07, 6.45) is -5.35. The number of rotatable bonds is 5. The Labute approximate surface area is 196 Å². The van der Waals surface area contributed by atoms with Gasteiger partial charge >= 0.3 is 6.18 Å². The first-order valence-corrected chi connectivity index (χ1v) is 10.8. The fourth-order valence-electron chi connectivity index (χ4n) is 3.89. The molecule has 4 rings (SSSR count). The lowest BCUT2D eigenvalue weighted by atomic mass is 10.0. The van der Waals surface area contributed by atoms with E-state index in [0.717, 1.165) is 6.20 Å². The summed E-state index contributed by atoms with van der Waals surface area (Å²) in [6.45, 7) is 0.669. The number of alkyl halides is 4. The van der Waals surface area contributed by atoms with Gasteiger partial charge in [0.2, 0.25) is 5.95 Å². The van der Waals surface area contributed by atoms with Crippen LogP contribution in [0.25, 0.3) is 5.52 Å². The van der Waals surface area contributed by atoms with Crippen molar-refractivity contribution in [3.8, 4) is 11.8 Å². The summed E-state index contributed by atoms with van der Waals surface area (Å²) in [5, 5.41) is 15.1. The van der Waals surface area contributed by atoms with Crippen molar-refractivity contribution in [2.24, 2.45) is 0 Å². The maximum Gasteiger partial charge on any atom is 0.393 e. The van der Waals surface area contributed by atoms with Gasteiger partial charge in [-0.1, -0.05) is 12.0 Å². The number of aromatic nitrogens is 4. The molecule has 3 aromatic heterocycles. The molecule has 2 atom stereocenters. The van der Waals surface area contributed by atoms with E-state index < -0.39 is 36.7 Å². The van der Waals surface area contributed by atoms with Crippen molar-refractivity contribution in [1.29, 1.82) is 0 Å². The average molecular weight is 495 g/mol. The topological polar surface area (TPSA) is 90.3 Å². The van der Waals surface area contributed by atoms with Gasteiger partial charge in [-0.3, -0.25) is 9.89 Å². The Balaban J connectivity index is 1.59. The second-order valence-electron chi connectivity index (χ2n) is 8.22. The molecule has 0 radical (unpaired) electrons. The van der Waals surface area contributed by atoms with Gasteiger partial charge in [-0.15, -0.1) is 5.10 Å². The molecule has 35 heavy (non-hydrogen) atoms. The zero-order chi connectivity index (χ0) is 25.2. The van der Waals surface area contributed by atoms with Gasteiger partial charge in [0, 0.05) is 24.8 Å². The van der Waals surface area contributed by atoms with E-state index in [-0.39, 0.29) is 35.4 Å². The molecule has 186 valence electrons. The maximum absolute atomic E-state index is 14.5. The summed E-state index contributed by atoms with van der Waals surface area (Å²) in [5.41, 5.74) is -0.390. The van der Waals surface area contributed by atoms with Crippen molar-refractivity contribution in [2.45, 2.75) is 31.2 Å². The molecule has 1 aliphatic heterocycles. The number of pyridine rings is 1. The number of nitrogens with zero attached hydrogens (tertiary/aromatic N) is 4. The Morgan fingerprint density at radius 3 is 2.83 bits per heavy atom. The van der Waals surface area contributed by atoms with Crippen molar-refractivity contribution in [3.63, 3.8) is 0 Å². The molecule has 1 saturated heterocycles. The van der Waals surface area contributed by atoms with Crippen molar-refractivity contribution in [2.75, 3.05) is 32.0 Å². The van der Waals surface area contributed by atoms with E-state index in [9.17, 15) is 26.7 Å². The Bertz CT molecular complexity index is 1270. The van der Waals surface area contributed by atoms with Crippen LogP contribution in [0.4, 0.5) is 27.8 Å². The Morgan fingerprint density at radius 2 is 2.14 bits per heavy atom. The largest absolute Gasteiger partial charge is 0.393 e. The lowest BCUT2D eigenvalue weighted by molar-refractivity contribution is -0.127. The van der Waals surface area contributed by atoms with Crippen LogP contribution in [0, 0.1) is 17.8 Å². The van der Waals surface area contributed by atoms with Crippen LogP contribution in [-0.2, 0) is 6.42 Å². The molecule has 0 unspecified atom stereocenters. The molecule has 1 fully saturated rings. The van der Waals surface area contributed by atoms with Crippen molar-refractivity contribution in [1.82, 2.24) is 30.0 Å². The standard InChI is InChI=1S/C22H22F5N7O/c1-33-9-7-17(15(23)12-33)30-19-6-2-5-18-13(10-22(25,26)27)16(32-34(18)19)4-3-8-28-21(35)14-11-29-31-20(14)24/h2,5-6,11,15,17,30H,7-10,12H2,1H3,(H,28,35)(H,29,31)/t15-,17+/m0/s1. The summed E-state index contributed by atoms with van der Waals surface area (Å²) in [6, 6.07) is 4.15. The number of nitrogens with one attached hydrogen (secondary N) is 3. The number of likely N-dealkylation sites (tertiary alicyclic amines) is 1. The van der Waals surface area contributed by atoms with Crippen molar-refractivity contribution >= 4 is 17.2 Å². The molecule has 0 aliphatic carbocycles. The second kappa shape index (κ2) is 9.91. The predicted octanol–water partition coefficient (Wildman–Crippen LogP) is 2.54. The van der Waals surface area contributed by atoms with Crippen LogP contribution in [-0.4, -0.2) is 75.7 Å². The second-order valence-corrected chi connectivity index (χ2v) is 8.22. The molecule has 3 aromatic rings. The Hall–Kier alpha value is -3.66. The third-order valence-corrected chi connectivity index (χ3v) is 5.60. The van der Waals surface area contributed by atoms with Gasteiger partial charge < -0.3 is 15.5 Å². The number of H-pyrrole nitrogens is 1. The minimum absolute atomic E-state index is 0.125. The highest BCUT2D eigenvalue weighted by atomic mass is 19.4. The third-order valence-electron chi connectivity index (χ3n) is 5.60. The van der Waals surface area contributed by atoms with E-state index in [0.29, 0.717) is 18.8 Å². The molecule has 0 saturated carbocycles. The molecule has 0 bridgehead atoms. The van der Waals surface area contributed by atoms with Crippen LogP contribution < -0.4 is 10.6 Å². The lowest BCUT2D eigenvalue weighted by Crippen LogP contribution is -2.46. The number of aromatic amines is 1. The van der Waals surface area contributed by atoms with E-state index >= 15 is 0 Å². The van der Waals surface area contributed by atoms with E-state index in [1.165, 1.54) is 10.6 Å². The number of piperidine rings is 1. The first kappa shape index (κ1) is 24.5. The summed E-state index contributed by atoms with van der Waals surface area (Å²) >= 11 is 0. The molecule has 13 heteroatoms. The quantitative estimate of drug-likeness (QED) is 0.374. The number of carbonyl (C=O) groups is 1. The predicted molar refractivity (Wildman–Crippen MR) is 117 cm³/mol. The minimum Gasteiger partial charge on any atom is -0.364 e. The van der Waals surface area contributed by atoms with Crippen LogP contribution in [0.5, 0.6) is 0 Å². The number of carbonyl (C=O) groups excluding carboxylic acids is 1. The highest BCUT2D eigenvalue weighted by molar-refractivity contribution is 5.94. The number of hydrogen-bond donors (Lipinski definition) is 3. The molecular weight excluding hydrogens is 473 g/mol. The molecule has 8 nitrogen and oxygen atoms in total. The van der Waals surface area contributed by atoms with Gasteiger partial charge in [-0.25, -0.2) is 8.91 Å². The lowest BCUT2D eigenvalue weighted by Gasteiger charge is -2.33. The van der Waals surface area contributed by atoms with Crippen molar-refractivity contribution < 1.29 is 26.7 Å². The van der Waals surface area contributed by atoms with E-state index in [4.69, 9.17) is 0 Å². The van der Waals surface area contributed by atoms with Gasteiger partial charge in [0.15, 0.2) is 0 Å². The molecule has 1 amide bonds. The fraction of sp³-hybridized carbons (Fsp3) is 0.409. The molecule has 0 aromatic carbocycles. The van der Waals surface area contributed by atoms with E-state index in [1.807, 2.05) is 11.9 Å². The zero-order valence-corrected chi connectivity index (χ0v) is 18.6. The van der Waals surface area contributed by atoms with Gasteiger partial charge in [0.05, 0.1) is 24.5 Å². The summed E-state index contributed by atoms with van der Waals surface area (Å²) < 4.78 is 69.1. The summed E-state index contributed by atoms with van der Waals surface area (Å²) in [4.78, 5) is 13.8. The van der Waals surface area contributed by atoms with Crippen LogP contribution >= 0.6 is 0 Å². The fourth-order valence-corrected chi connectivity index (χ4v) is 3.89. The van der Waals surface area contributed by atoms with Crippen molar-refractivity contribution in [3.05, 3.63) is 47.2 Å². The van der Waals surface area contributed by atoms with E-state index in [1.54, 1.807) is 12.1 Å². The highest BCUT2D eigenvalue weighted by Crippen LogP contribution is 2.28. The molecule has 1 aliphatic rings. The summed E-state index contributed by atoms with van der Waals surface area (Å²) in [7, 11) is 1.82. The molecule has 4 heterocycles. The SMILES string of the molecule is CN1CC[C@@H](Nc2cccc3c(CC(F)(F)F)c(C#CCNC(=O)c4c[nH]nc4F)nn23)[C@@H](F)C1. The first-order chi connectivity index (χ1) is 16.6. The summed E-state index contributed by atoms with van der Waals surface area (Å²) in [5.74, 6) is 3.70. The average Bonchev–Trinajstić information content (AvgIpc) is 3.36. The zero-order valence-electron chi connectivity index (χ0n) is 18.6. The van der Waals surface area contributed by atoms with Gasteiger partial charge in [0.1, 0.15) is 23.2 Å². The normalized spacial score (nSPS) is 18.8. The smallest absolute Gasteiger partial charge is 0.364 e. The number of hydrogen-bond acceptors (Lipinski definition) is 5. The maximum atomic E-state index is 14.5. The van der Waals surface area contributed by atoms with Gasteiger partial charge in [-0.2, -0.15) is 22.7 Å². The minimum atomic E-state index is -4.52. The van der Waals surface area contributed by atoms with Crippen LogP contribution in [0.3, 0.4) is 0 Å². The van der Waals surface area contributed by atoms with Gasteiger partial charge in [0.25, 0.3) is 5.91 Å². The Morgan fingerprint density at radius 1 is 1.34 bits per heavy atom. The number of fused-ring (bicyclic) bond motifs is 1. The van der Waals surface area contributed by atoms with Crippen LogP contribution in [0.2, 0.25) is 0 Å². The first-order valence-electron chi connectivity index (χ1n) is 10.8. The third kappa shape index (κ3) is 5.71. The molecule has 0 spiro atoms. The van der Waals surface area contributed by atoms with Gasteiger partial charge in [-0.05, 0) is 31.5 Å². The van der Waals surface area contributed by atoms with Crippen LogP contribution in [0.1, 0.15) is 28.0 Å². The van der Waals surface area contributed by atoms with E-state index in [2.05, 4.69) is 37.8 Å². The number of amides is 1. The molecule has 3 N–H and O–H groups in total. The number of anilines is 1. The monoisotopic (exact) mass is 495 g/mol. The molecular formula is C22H22F5N7O. The van der Waals surface area contributed by atoms with Crippen LogP contribution in [0.15, 0.2) is 24.4 Å².